The van der Waals surface area contributed by atoms with Crippen molar-refractivity contribution in [3.8, 4) is 11.5 Å². The van der Waals surface area contributed by atoms with Crippen molar-refractivity contribution in [3.05, 3.63) is 124 Å². The Morgan fingerprint density at radius 1 is 0.929 bits per heavy atom. The zero-order valence-corrected chi connectivity index (χ0v) is 23.8. The molecule has 2 N–H and O–H groups in total. The summed E-state index contributed by atoms with van der Waals surface area (Å²) in [6.45, 7) is -0.0143. The van der Waals surface area contributed by atoms with Gasteiger partial charge in [-0.3, -0.25) is 4.79 Å². The first kappa shape index (κ1) is 28.0. The minimum atomic E-state index is -1.58. The average molecular weight is 588 g/mol. The standard InChI is InChI=1S/C32H30FN3O5S/c1-39-23-12-8-21(9-13-23)32(20-6-4-3-5-7-20,22-10-14-24(40-2)15-11-22)41-18-26-27(33)29(37)31(42-26)36-19-35-28-25(36)16-17-34-30(28)38/h3-17,19,26-27,29,31,37H,18H2,1-2H3,(H,34,38)/t26-,27-,29-,31-/m1/s1. The average Bonchev–Trinajstić information content (AvgIpc) is 3.59. The van der Waals surface area contributed by atoms with E-state index in [9.17, 15) is 9.90 Å². The second kappa shape index (κ2) is 11.6. The highest BCUT2D eigenvalue weighted by Gasteiger charge is 2.47. The topological polar surface area (TPSA) is 98.6 Å². The molecule has 1 aliphatic rings. The van der Waals surface area contributed by atoms with Crippen molar-refractivity contribution in [2.75, 3.05) is 20.8 Å². The lowest BCUT2D eigenvalue weighted by molar-refractivity contribution is -0.00566. The molecule has 10 heteroatoms. The number of hydrogen-bond acceptors (Lipinski definition) is 7. The molecule has 0 radical (unpaired) electrons. The summed E-state index contributed by atoms with van der Waals surface area (Å²) in [6.07, 6.45) is 0.0769. The SMILES string of the molecule is COc1ccc(C(OC[C@H]2S[C@@H](n3cnc4c(=O)[nH]ccc43)[C@H](O)[C@@H]2F)(c2ccccc2)c2ccc(OC)cc2)cc1. The van der Waals surface area contributed by atoms with Crippen LogP contribution in [-0.2, 0) is 10.3 Å². The van der Waals surface area contributed by atoms with Gasteiger partial charge in [0.2, 0.25) is 0 Å². The van der Waals surface area contributed by atoms with Crippen molar-refractivity contribution in [2.24, 2.45) is 0 Å². The normalized spacial score (nSPS) is 20.6. The van der Waals surface area contributed by atoms with E-state index in [-0.39, 0.29) is 17.7 Å². The molecule has 0 saturated carbocycles. The van der Waals surface area contributed by atoms with E-state index in [1.807, 2.05) is 78.9 Å². The molecular weight excluding hydrogens is 557 g/mol. The van der Waals surface area contributed by atoms with Crippen molar-refractivity contribution < 1.29 is 23.7 Å². The number of aliphatic hydroxyl groups is 1. The second-order valence-electron chi connectivity index (χ2n) is 10.0. The summed E-state index contributed by atoms with van der Waals surface area (Å²) in [5.74, 6) is 1.39. The monoisotopic (exact) mass is 587 g/mol. The Balaban J connectivity index is 1.39. The van der Waals surface area contributed by atoms with Crippen LogP contribution in [0, 0.1) is 0 Å². The number of fused-ring (bicyclic) bond motifs is 1. The molecule has 5 aromatic rings. The van der Waals surface area contributed by atoms with Crippen LogP contribution in [0.3, 0.4) is 0 Å². The third-order valence-corrected chi connectivity index (χ3v) is 9.23. The number of thioether (sulfide) groups is 1. The van der Waals surface area contributed by atoms with Crippen LogP contribution in [0.4, 0.5) is 4.39 Å². The molecule has 6 rings (SSSR count). The maximum atomic E-state index is 15.8. The number of alkyl halides is 1. The van der Waals surface area contributed by atoms with Crippen LogP contribution in [-0.4, -0.2) is 58.0 Å². The van der Waals surface area contributed by atoms with Gasteiger partial charge in [-0.1, -0.05) is 54.6 Å². The lowest BCUT2D eigenvalue weighted by Crippen LogP contribution is -2.37. The van der Waals surface area contributed by atoms with Crippen molar-refractivity contribution in [1.29, 1.82) is 0 Å². The zero-order chi connectivity index (χ0) is 29.3. The van der Waals surface area contributed by atoms with Crippen LogP contribution in [0.25, 0.3) is 11.0 Å². The molecule has 0 spiro atoms. The number of pyridine rings is 1. The Morgan fingerprint density at radius 2 is 1.52 bits per heavy atom. The first-order chi connectivity index (χ1) is 20.5. The number of hydrogen-bond donors (Lipinski definition) is 2. The molecule has 2 aromatic heterocycles. The predicted molar refractivity (Wildman–Crippen MR) is 160 cm³/mol. The van der Waals surface area contributed by atoms with Crippen LogP contribution < -0.4 is 15.0 Å². The molecule has 0 aliphatic carbocycles. The Bertz CT molecular complexity index is 1660. The van der Waals surface area contributed by atoms with Gasteiger partial charge in [0.25, 0.3) is 5.56 Å². The van der Waals surface area contributed by atoms with E-state index in [0.717, 1.165) is 16.7 Å². The maximum Gasteiger partial charge on any atom is 0.276 e. The van der Waals surface area contributed by atoms with Gasteiger partial charge in [-0.2, -0.15) is 0 Å². The third kappa shape index (κ3) is 4.85. The van der Waals surface area contributed by atoms with Gasteiger partial charge >= 0.3 is 0 Å². The highest BCUT2D eigenvalue weighted by molar-refractivity contribution is 8.00. The summed E-state index contributed by atoms with van der Waals surface area (Å²) in [7, 11) is 3.22. The molecule has 216 valence electrons. The number of nitrogens with one attached hydrogen (secondary N) is 1. The molecule has 1 saturated heterocycles. The summed E-state index contributed by atoms with van der Waals surface area (Å²) in [5.41, 5.74) is 1.83. The number of aliphatic hydroxyl groups excluding tert-OH is 1. The predicted octanol–water partition coefficient (Wildman–Crippen LogP) is 5.06. The number of aromatic nitrogens is 3. The molecule has 42 heavy (non-hydrogen) atoms. The van der Waals surface area contributed by atoms with Gasteiger partial charge in [0.1, 0.15) is 34.7 Å². The minimum absolute atomic E-state index is 0.0143. The largest absolute Gasteiger partial charge is 0.497 e. The van der Waals surface area contributed by atoms with E-state index in [1.165, 1.54) is 24.3 Å². The van der Waals surface area contributed by atoms with E-state index in [0.29, 0.717) is 17.0 Å². The number of ether oxygens (including phenoxy) is 3. The number of halogens is 1. The molecule has 4 atom stereocenters. The Morgan fingerprint density at radius 3 is 2.12 bits per heavy atom. The Kier molecular flexibility index (Phi) is 7.76. The van der Waals surface area contributed by atoms with E-state index in [2.05, 4.69) is 9.97 Å². The molecule has 8 nitrogen and oxygen atoms in total. The molecule has 1 fully saturated rings. The number of rotatable bonds is 9. The van der Waals surface area contributed by atoms with E-state index in [1.54, 1.807) is 24.9 Å². The number of aromatic amines is 1. The first-order valence-corrected chi connectivity index (χ1v) is 14.4. The van der Waals surface area contributed by atoms with Gasteiger partial charge < -0.3 is 28.9 Å². The van der Waals surface area contributed by atoms with Gasteiger partial charge in [-0.15, -0.1) is 11.8 Å². The van der Waals surface area contributed by atoms with Crippen LogP contribution in [0.1, 0.15) is 22.1 Å². The zero-order valence-electron chi connectivity index (χ0n) is 23.0. The summed E-state index contributed by atoms with van der Waals surface area (Å²) < 4.78 is 35.1. The number of methoxy groups -OCH3 is 2. The quantitative estimate of drug-likeness (QED) is 0.233. The number of H-pyrrole nitrogens is 1. The van der Waals surface area contributed by atoms with Crippen molar-refractivity contribution in [3.63, 3.8) is 0 Å². The highest BCUT2D eigenvalue weighted by atomic mass is 32.2. The van der Waals surface area contributed by atoms with Crippen LogP contribution >= 0.6 is 11.8 Å². The lowest BCUT2D eigenvalue weighted by atomic mass is 9.80. The minimum Gasteiger partial charge on any atom is -0.497 e. The van der Waals surface area contributed by atoms with Crippen LogP contribution in [0.2, 0.25) is 0 Å². The Labute approximate surface area is 246 Å². The van der Waals surface area contributed by atoms with E-state index >= 15 is 4.39 Å². The summed E-state index contributed by atoms with van der Waals surface area (Å²) in [6, 6.07) is 26.7. The van der Waals surface area contributed by atoms with Crippen LogP contribution in [0.15, 0.2) is 102 Å². The molecule has 0 bridgehead atoms. The van der Waals surface area contributed by atoms with Gasteiger partial charge in [0, 0.05) is 6.20 Å². The second-order valence-corrected chi connectivity index (χ2v) is 11.4. The summed E-state index contributed by atoms with van der Waals surface area (Å²) in [5, 5.41) is 9.62. The smallest absolute Gasteiger partial charge is 0.276 e. The third-order valence-electron chi connectivity index (χ3n) is 7.70. The summed E-state index contributed by atoms with van der Waals surface area (Å²) >= 11 is 1.26. The lowest BCUT2D eigenvalue weighted by Gasteiger charge is -2.37. The van der Waals surface area contributed by atoms with Crippen molar-refractivity contribution in [2.45, 2.75) is 28.5 Å². The molecular formula is C32H30FN3O5S. The molecule has 3 heterocycles. The number of benzene rings is 3. The molecule has 0 amide bonds. The Hall–Kier alpha value is -4.12. The first-order valence-electron chi connectivity index (χ1n) is 13.5. The molecule has 3 aromatic carbocycles. The fraction of sp³-hybridized carbons (Fsp3) is 0.250. The number of imidazole rings is 1. The molecule has 1 aliphatic heterocycles. The van der Waals surface area contributed by atoms with Gasteiger partial charge in [-0.05, 0) is 47.0 Å². The van der Waals surface area contributed by atoms with Gasteiger partial charge in [0.15, 0.2) is 5.52 Å². The molecule has 0 unspecified atom stereocenters. The highest BCUT2D eigenvalue weighted by Crippen LogP contribution is 2.47. The van der Waals surface area contributed by atoms with Crippen molar-refractivity contribution >= 4 is 22.8 Å². The van der Waals surface area contributed by atoms with Crippen molar-refractivity contribution in [1.82, 2.24) is 14.5 Å². The fourth-order valence-electron chi connectivity index (χ4n) is 5.53. The van der Waals surface area contributed by atoms with Crippen LogP contribution in [0.5, 0.6) is 11.5 Å². The van der Waals surface area contributed by atoms with Gasteiger partial charge in [-0.25, -0.2) is 9.37 Å². The fourth-order valence-corrected chi connectivity index (χ4v) is 6.96. The van der Waals surface area contributed by atoms with E-state index in [4.69, 9.17) is 14.2 Å². The number of nitrogens with zero attached hydrogens (tertiary/aromatic N) is 2. The van der Waals surface area contributed by atoms with Gasteiger partial charge in [0.05, 0.1) is 37.9 Å². The maximum absolute atomic E-state index is 15.8. The summed E-state index contributed by atoms with van der Waals surface area (Å²) in [4.78, 5) is 19.0. The van der Waals surface area contributed by atoms with E-state index < -0.39 is 28.5 Å².